The number of carbonyl (C=O) groups is 2. The van der Waals surface area contributed by atoms with Crippen LogP contribution in [0.25, 0.3) is 0 Å². The van der Waals surface area contributed by atoms with E-state index in [1.807, 2.05) is 0 Å². The Labute approximate surface area is 157 Å². The van der Waals surface area contributed by atoms with Gasteiger partial charge in [-0.2, -0.15) is 18.3 Å². The lowest BCUT2D eigenvalue weighted by molar-refractivity contribution is -0.137. The molecule has 9 heteroatoms. The van der Waals surface area contributed by atoms with Gasteiger partial charge in [-0.3, -0.25) is 9.59 Å². The number of rotatable bonds is 4. The molecule has 0 bridgehead atoms. The summed E-state index contributed by atoms with van der Waals surface area (Å²) in [5.41, 5.74) is 2.38. The molecule has 1 heterocycles. The van der Waals surface area contributed by atoms with Gasteiger partial charge in [-0.05, 0) is 42.0 Å². The average molecular weight is 393 g/mol. The van der Waals surface area contributed by atoms with E-state index < -0.39 is 29.4 Å². The minimum Gasteiger partial charge on any atom is -0.312 e. The van der Waals surface area contributed by atoms with E-state index in [0.29, 0.717) is 11.3 Å². The first-order valence-corrected chi connectivity index (χ1v) is 8.30. The number of nitrogens with one attached hydrogen (secondary N) is 1. The van der Waals surface area contributed by atoms with E-state index in [1.165, 1.54) is 47.5 Å². The van der Waals surface area contributed by atoms with Gasteiger partial charge in [0.25, 0.3) is 0 Å². The number of benzene rings is 2. The second-order valence-electron chi connectivity index (χ2n) is 6.24. The Morgan fingerprint density at radius 2 is 1.75 bits per heavy atom. The largest absolute Gasteiger partial charge is 0.416 e. The van der Waals surface area contributed by atoms with E-state index >= 15 is 0 Å². The number of nitrogens with zero attached hydrogens (tertiary/aromatic N) is 2. The number of amides is 2. The highest BCUT2D eigenvalue weighted by atomic mass is 19.4. The lowest BCUT2D eigenvalue weighted by atomic mass is 10.1. The molecule has 1 N–H and O–H groups in total. The summed E-state index contributed by atoms with van der Waals surface area (Å²) in [5.74, 6) is -1.82. The summed E-state index contributed by atoms with van der Waals surface area (Å²) in [6.07, 6.45) is -3.22. The quantitative estimate of drug-likeness (QED) is 0.492. The van der Waals surface area contributed by atoms with Crippen molar-refractivity contribution >= 4 is 23.7 Å². The van der Waals surface area contributed by atoms with Crippen LogP contribution in [0.5, 0.6) is 0 Å². The van der Waals surface area contributed by atoms with Crippen molar-refractivity contribution < 1.29 is 27.2 Å². The standard InChI is InChI=1S/C19H15F4N3O2/c20-15-5-7-16(8-6-15)26-11-13(9-17(26)27)18(28)25-24-10-12-1-3-14(4-2-12)19(21,22)23/h1-8,10,13H,9,11H2,(H,25,28). The summed E-state index contributed by atoms with van der Waals surface area (Å²) in [6, 6.07) is 9.65. The first-order chi connectivity index (χ1) is 13.2. The molecule has 2 amide bonds. The van der Waals surface area contributed by atoms with Crippen molar-refractivity contribution in [1.29, 1.82) is 0 Å². The van der Waals surface area contributed by atoms with Crippen LogP contribution in [-0.2, 0) is 15.8 Å². The first kappa shape index (κ1) is 19.5. The van der Waals surface area contributed by atoms with Crippen molar-refractivity contribution in [2.75, 3.05) is 11.4 Å². The van der Waals surface area contributed by atoms with Crippen LogP contribution in [0.15, 0.2) is 53.6 Å². The number of carbonyl (C=O) groups excluding carboxylic acids is 2. The smallest absolute Gasteiger partial charge is 0.312 e. The van der Waals surface area contributed by atoms with Gasteiger partial charge in [0.1, 0.15) is 5.82 Å². The van der Waals surface area contributed by atoms with E-state index in [1.54, 1.807) is 0 Å². The summed E-state index contributed by atoms with van der Waals surface area (Å²) < 4.78 is 50.5. The van der Waals surface area contributed by atoms with Gasteiger partial charge in [0.05, 0.1) is 17.7 Å². The van der Waals surface area contributed by atoms with Gasteiger partial charge in [-0.15, -0.1) is 0 Å². The SMILES string of the molecule is O=C(NN=Cc1ccc(C(F)(F)F)cc1)C1CC(=O)N(c2ccc(F)cc2)C1. The monoisotopic (exact) mass is 393 g/mol. The Morgan fingerprint density at radius 1 is 1.11 bits per heavy atom. The van der Waals surface area contributed by atoms with Gasteiger partial charge in [0.15, 0.2) is 0 Å². The lowest BCUT2D eigenvalue weighted by Crippen LogP contribution is -2.30. The fraction of sp³-hybridized carbons (Fsp3) is 0.211. The third kappa shape index (κ3) is 4.54. The molecule has 0 aliphatic carbocycles. The topological polar surface area (TPSA) is 61.8 Å². The molecule has 2 aromatic carbocycles. The van der Waals surface area contributed by atoms with Crippen LogP contribution in [0, 0.1) is 11.7 Å². The Bertz CT molecular complexity index is 893. The zero-order valence-corrected chi connectivity index (χ0v) is 14.4. The van der Waals surface area contributed by atoms with Crippen LogP contribution < -0.4 is 10.3 Å². The zero-order valence-electron chi connectivity index (χ0n) is 14.4. The molecule has 1 fully saturated rings. The van der Waals surface area contributed by atoms with E-state index in [4.69, 9.17) is 0 Å². The molecule has 1 unspecified atom stereocenters. The third-order valence-electron chi connectivity index (χ3n) is 4.26. The highest BCUT2D eigenvalue weighted by Gasteiger charge is 2.35. The van der Waals surface area contributed by atoms with Crippen LogP contribution in [0.3, 0.4) is 0 Å². The van der Waals surface area contributed by atoms with Gasteiger partial charge in [0.2, 0.25) is 11.8 Å². The van der Waals surface area contributed by atoms with E-state index in [0.717, 1.165) is 12.1 Å². The summed E-state index contributed by atoms with van der Waals surface area (Å²) in [6.45, 7) is 0.131. The summed E-state index contributed by atoms with van der Waals surface area (Å²) in [7, 11) is 0. The molecule has 2 aromatic rings. The molecule has 0 aromatic heterocycles. The summed E-state index contributed by atoms with van der Waals surface area (Å²) in [5, 5.41) is 3.73. The number of halogens is 4. The maximum absolute atomic E-state index is 13.0. The highest BCUT2D eigenvalue weighted by Crippen LogP contribution is 2.29. The van der Waals surface area contributed by atoms with Gasteiger partial charge < -0.3 is 4.90 Å². The summed E-state index contributed by atoms with van der Waals surface area (Å²) >= 11 is 0. The molecule has 5 nitrogen and oxygen atoms in total. The molecule has 0 saturated carbocycles. The molecule has 1 aliphatic heterocycles. The van der Waals surface area contributed by atoms with Crippen molar-refractivity contribution in [2.24, 2.45) is 11.0 Å². The average Bonchev–Trinajstić information content (AvgIpc) is 3.04. The van der Waals surface area contributed by atoms with Crippen LogP contribution in [-0.4, -0.2) is 24.6 Å². The van der Waals surface area contributed by atoms with E-state index in [2.05, 4.69) is 10.5 Å². The van der Waals surface area contributed by atoms with Crippen molar-refractivity contribution in [3.63, 3.8) is 0 Å². The lowest BCUT2D eigenvalue weighted by Gasteiger charge is -2.16. The minimum absolute atomic E-state index is 0.0149. The van der Waals surface area contributed by atoms with Crippen LogP contribution in [0.1, 0.15) is 17.5 Å². The van der Waals surface area contributed by atoms with Crippen LogP contribution in [0.2, 0.25) is 0 Å². The van der Waals surface area contributed by atoms with Gasteiger partial charge in [0, 0.05) is 18.7 Å². The molecular formula is C19H15F4N3O2. The first-order valence-electron chi connectivity index (χ1n) is 8.30. The molecular weight excluding hydrogens is 378 g/mol. The predicted molar refractivity (Wildman–Crippen MR) is 94.0 cm³/mol. The Morgan fingerprint density at radius 3 is 2.36 bits per heavy atom. The Kier molecular flexibility index (Phi) is 5.43. The van der Waals surface area contributed by atoms with E-state index in [9.17, 15) is 27.2 Å². The van der Waals surface area contributed by atoms with Crippen LogP contribution >= 0.6 is 0 Å². The van der Waals surface area contributed by atoms with Crippen LogP contribution in [0.4, 0.5) is 23.2 Å². The maximum Gasteiger partial charge on any atom is 0.416 e. The minimum atomic E-state index is -4.42. The molecule has 1 atom stereocenters. The van der Waals surface area contributed by atoms with Crippen molar-refractivity contribution in [3.05, 3.63) is 65.5 Å². The molecule has 1 aliphatic rings. The summed E-state index contributed by atoms with van der Waals surface area (Å²) in [4.78, 5) is 25.7. The molecule has 28 heavy (non-hydrogen) atoms. The van der Waals surface area contributed by atoms with Gasteiger partial charge in [-0.1, -0.05) is 12.1 Å². The normalized spacial score (nSPS) is 17.4. The molecule has 0 spiro atoms. The highest BCUT2D eigenvalue weighted by molar-refractivity contribution is 6.00. The maximum atomic E-state index is 13.0. The fourth-order valence-electron chi connectivity index (χ4n) is 2.77. The van der Waals surface area contributed by atoms with Crippen molar-refractivity contribution in [3.8, 4) is 0 Å². The number of hydrogen-bond acceptors (Lipinski definition) is 3. The molecule has 146 valence electrons. The predicted octanol–water partition coefficient (Wildman–Crippen LogP) is 3.35. The van der Waals surface area contributed by atoms with Crippen molar-refractivity contribution in [2.45, 2.75) is 12.6 Å². The number of hydrogen-bond donors (Lipinski definition) is 1. The second-order valence-corrected chi connectivity index (χ2v) is 6.24. The zero-order chi connectivity index (χ0) is 20.3. The Balaban J connectivity index is 1.57. The third-order valence-corrected chi connectivity index (χ3v) is 4.26. The second kappa shape index (κ2) is 7.79. The van der Waals surface area contributed by atoms with Gasteiger partial charge in [-0.25, -0.2) is 9.82 Å². The van der Waals surface area contributed by atoms with E-state index in [-0.39, 0.29) is 18.9 Å². The fourth-order valence-corrected chi connectivity index (χ4v) is 2.77. The molecule has 0 radical (unpaired) electrons. The Hall–Kier alpha value is -3.23. The molecule has 3 rings (SSSR count). The number of hydrazone groups is 1. The number of alkyl halides is 3. The van der Waals surface area contributed by atoms with Gasteiger partial charge >= 0.3 is 6.18 Å². The number of anilines is 1. The van der Waals surface area contributed by atoms with Crippen molar-refractivity contribution in [1.82, 2.24) is 5.43 Å². The molecule has 1 saturated heterocycles.